The first-order valence-electron chi connectivity index (χ1n) is 10.9. The number of aliphatic carboxylic acids is 1. The molecule has 0 saturated heterocycles. The topological polar surface area (TPSA) is 85.8 Å². The van der Waals surface area contributed by atoms with Crippen LogP contribution in [0.4, 0.5) is 5.13 Å². The monoisotopic (exact) mass is 444 g/mol. The number of aromatic nitrogens is 1. The predicted molar refractivity (Wildman–Crippen MR) is 125 cm³/mol. The molecule has 1 amide bonds. The van der Waals surface area contributed by atoms with E-state index in [4.69, 9.17) is 4.98 Å². The maximum absolute atomic E-state index is 12.7. The first-order valence-corrected chi connectivity index (χ1v) is 11.7. The lowest BCUT2D eigenvalue weighted by Crippen LogP contribution is -2.55. The van der Waals surface area contributed by atoms with Gasteiger partial charge < -0.3 is 20.2 Å². The van der Waals surface area contributed by atoms with Crippen LogP contribution in [0.3, 0.4) is 0 Å². The number of carbonyl (C=O) groups is 2. The van der Waals surface area contributed by atoms with Crippen molar-refractivity contribution in [2.45, 2.75) is 44.6 Å². The van der Waals surface area contributed by atoms with E-state index in [0.29, 0.717) is 18.4 Å². The molecule has 0 atom stereocenters. The van der Waals surface area contributed by atoms with Gasteiger partial charge in [0.2, 0.25) is 0 Å². The van der Waals surface area contributed by atoms with Crippen molar-refractivity contribution < 1.29 is 14.7 Å². The highest BCUT2D eigenvalue weighted by Crippen LogP contribution is 2.30. The molecule has 1 aliphatic carbocycles. The van der Waals surface area contributed by atoms with Gasteiger partial charge in [-0.25, -0.2) is 9.78 Å². The summed E-state index contributed by atoms with van der Waals surface area (Å²) in [5, 5.41) is 15.5. The molecule has 2 aromatic rings. The molecule has 1 saturated carbocycles. The molecule has 3 rings (SSSR count). The Kier molecular flexibility index (Phi) is 7.67. The number of amides is 1. The zero-order valence-electron chi connectivity index (χ0n) is 18.6. The van der Waals surface area contributed by atoms with E-state index >= 15 is 0 Å². The fraction of sp³-hybridized carbons (Fsp3) is 0.522. The third kappa shape index (κ3) is 5.62. The van der Waals surface area contributed by atoms with Crippen LogP contribution in [0.2, 0.25) is 0 Å². The molecule has 0 spiro atoms. The lowest BCUT2D eigenvalue weighted by atomic mass is 9.81. The van der Waals surface area contributed by atoms with Crippen LogP contribution in [-0.2, 0) is 4.79 Å². The zero-order valence-corrected chi connectivity index (χ0v) is 19.4. The Bertz CT molecular complexity index is 890. The average molecular weight is 445 g/mol. The van der Waals surface area contributed by atoms with Gasteiger partial charge in [0.1, 0.15) is 5.54 Å². The summed E-state index contributed by atoms with van der Waals surface area (Å²) in [5.74, 6) is -1.28. The quantitative estimate of drug-likeness (QED) is 0.613. The molecule has 1 aromatic carbocycles. The van der Waals surface area contributed by atoms with E-state index < -0.39 is 11.5 Å². The van der Waals surface area contributed by atoms with Gasteiger partial charge in [0.25, 0.3) is 5.91 Å². The van der Waals surface area contributed by atoms with Crippen LogP contribution < -0.4 is 10.2 Å². The van der Waals surface area contributed by atoms with E-state index in [0.717, 1.165) is 55.3 Å². The van der Waals surface area contributed by atoms with E-state index in [1.165, 1.54) is 0 Å². The van der Waals surface area contributed by atoms with E-state index in [2.05, 4.69) is 29.1 Å². The molecule has 0 bridgehead atoms. The molecule has 168 valence electrons. The summed E-state index contributed by atoms with van der Waals surface area (Å²) >= 11 is 1.60. The van der Waals surface area contributed by atoms with Gasteiger partial charge in [-0.3, -0.25) is 4.79 Å². The van der Waals surface area contributed by atoms with Gasteiger partial charge in [0.15, 0.2) is 5.13 Å². The second-order valence-corrected chi connectivity index (χ2v) is 9.15. The number of nitrogens with one attached hydrogen (secondary N) is 1. The zero-order chi connectivity index (χ0) is 22.4. The second-order valence-electron chi connectivity index (χ2n) is 8.31. The largest absolute Gasteiger partial charge is 0.480 e. The van der Waals surface area contributed by atoms with Gasteiger partial charge in [-0.1, -0.05) is 38.3 Å². The predicted octanol–water partition coefficient (Wildman–Crippen LogP) is 3.72. The normalized spacial score (nSPS) is 15.6. The fourth-order valence-electron chi connectivity index (χ4n) is 3.78. The number of hydrogen-bond donors (Lipinski definition) is 2. The maximum Gasteiger partial charge on any atom is 0.329 e. The van der Waals surface area contributed by atoms with Crippen LogP contribution in [0, 0.1) is 0 Å². The van der Waals surface area contributed by atoms with Crippen LogP contribution >= 0.6 is 11.3 Å². The molecule has 31 heavy (non-hydrogen) atoms. The summed E-state index contributed by atoms with van der Waals surface area (Å²) in [7, 11) is 4.15. The minimum Gasteiger partial charge on any atom is -0.480 e. The Morgan fingerprint density at radius 3 is 2.42 bits per heavy atom. The summed E-state index contributed by atoms with van der Waals surface area (Å²) < 4.78 is 0. The molecule has 8 heteroatoms. The molecule has 0 unspecified atom stereocenters. The Labute approximate surface area is 188 Å². The van der Waals surface area contributed by atoms with Crippen LogP contribution in [0.25, 0.3) is 11.3 Å². The first-order chi connectivity index (χ1) is 14.8. The van der Waals surface area contributed by atoms with Crippen LogP contribution in [0.1, 0.15) is 49.4 Å². The van der Waals surface area contributed by atoms with E-state index in [-0.39, 0.29) is 5.91 Å². The molecular formula is C23H32N4O3S. The number of carboxylic acids is 1. The van der Waals surface area contributed by atoms with Crippen molar-refractivity contribution in [1.29, 1.82) is 0 Å². The average Bonchev–Trinajstić information content (AvgIpc) is 3.28. The molecule has 0 aliphatic heterocycles. The number of likely N-dealkylation sites (N-methyl/N-ethyl adjacent to an activating group) is 2. The van der Waals surface area contributed by atoms with Gasteiger partial charge in [0, 0.05) is 36.6 Å². The van der Waals surface area contributed by atoms with Crippen molar-refractivity contribution in [2.24, 2.45) is 0 Å². The van der Waals surface area contributed by atoms with Crippen molar-refractivity contribution >= 4 is 28.3 Å². The van der Waals surface area contributed by atoms with Crippen molar-refractivity contribution in [3.05, 3.63) is 35.2 Å². The number of rotatable bonds is 9. The minimum atomic E-state index is -1.14. The molecule has 2 N–H and O–H groups in total. The lowest BCUT2D eigenvalue weighted by molar-refractivity contribution is -0.145. The van der Waals surface area contributed by atoms with Gasteiger partial charge in [-0.05, 0) is 38.6 Å². The minimum absolute atomic E-state index is 0.338. The SMILES string of the molecule is CCN(C)CCN(C)c1nc(-c2ccc(C(=O)NC3(C(=O)O)CCCCC3)cc2)cs1. The summed E-state index contributed by atoms with van der Waals surface area (Å²) in [4.78, 5) is 33.7. The van der Waals surface area contributed by atoms with Gasteiger partial charge in [-0.2, -0.15) is 0 Å². The molecular weight excluding hydrogens is 412 g/mol. The Balaban J connectivity index is 1.65. The Hall–Kier alpha value is -2.45. The Morgan fingerprint density at radius 1 is 1.13 bits per heavy atom. The molecule has 1 heterocycles. The van der Waals surface area contributed by atoms with Crippen molar-refractivity contribution in [3.8, 4) is 11.3 Å². The first kappa shape index (κ1) is 23.2. The summed E-state index contributed by atoms with van der Waals surface area (Å²) in [6.45, 7) is 5.04. The van der Waals surface area contributed by atoms with Gasteiger partial charge in [-0.15, -0.1) is 11.3 Å². The third-order valence-electron chi connectivity index (χ3n) is 6.09. The third-order valence-corrected chi connectivity index (χ3v) is 7.04. The number of carbonyl (C=O) groups excluding carboxylic acids is 1. The number of nitrogens with zero attached hydrogens (tertiary/aromatic N) is 3. The smallest absolute Gasteiger partial charge is 0.329 e. The number of hydrogen-bond acceptors (Lipinski definition) is 6. The van der Waals surface area contributed by atoms with E-state index in [1.54, 1.807) is 23.5 Å². The van der Waals surface area contributed by atoms with Crippen LogP contribution in [0.5, 0.6) is 0 Å². The van der Waals surface area contributed by atoms with Crippen LogP contribution in [0.15, 0.2) is 29.6 Å². The van der Waals surface area contributed by atoms with Gasteiger partial charge in [0.05, 0.1) is 5.69 Å². The van der Waals surface area contributed by atoms with Gasteiger partial charge >= 0.3 is 5.97 Å². The standard InChI is InChI=1S/C23H32N4O3S/c1-4-26(2)14-15-27(3)22-24-19(16-31-22)17-8-10-18(11-9-17)20(28)25-23(21(29)30)12-6-5-7-13-23/h8-11,16H,4-7,12-15H2,1-3H3,(H,25,28)(H,29,30). The lowest BCUT2D eigenvalue weighted by Gasteiger charge is -2.34. The highest BCUT2D eigenvalue weighted by molar-refractivity contribution is 7.14. The number of benzene rings is 1. The highest BCUT2D eigenvalue weighted by atomic mass is 32.1. The van der Waals surface area contributed by atoms with E-state index in [1.807, 2.05) is 24.6 Å². The molecule has 1 aliphatic rings. The number of carboxylic acid groups (broad SMARTS) is 1. The summed E-state index contributed by atoms with van der Waals surface area (Å²) in [5.41, 5.74) is 1.12. The van der Waals surface area contributed by atoms with Crippen molar-refractivity contribution in [3.63, 3.8) is 0 Å². The van der Waals surface area contributed by atoms with E-state index in [9.17, 15) is 14.7 Å². The molecule has 7 nitrogen and oxygen atoms in total. The van der Waals surface area contributed by atoms with Crippen LogP contribution in [-0.4, -0.2) is 66.1 Å². The number of thiazole rings is 1. The van der Waals surface area contributed by atoms with Crippen molar-refractivity contribution in [2.75, 3.05) is 38.6 Å². The Morgan fingerprint density at radius 2 is 1.81 bits per heavy atom. The second kappa shape index (κ2) is 10.2. The van der Waals surface area contributed by atoms with Crippen molar-refractivity contribution in [1.82, 2.24) is 15.2 Å². The highest BCUT2D eigenvalue weighted by Gasteiger charge is 2.41. The molecule has 1 fully saturated rings. The maximum atomic E-state index is 12.7. The summed E-state index contributed by atoms with van der Waals surface area (Å²) in [6, 6.07) is 7.21. The number of anilines is 1. The fourth-order valence-corrected chi connectivity index (χ4v) is 4.60. The summed E-state index contributed by atoms with van der Waals surface area (Å²) in [6.07, 6.45) is 3.62. The molecule has 1 aromatic heterocycles. The molecule has 0 radical (unpaired) electrons.